The number of nitrogen functional groups attached to an aromatic ring is 1. The quantitative estimate of drug-likeness (QED) is 0.629. The Hall–Kier alpha value is -2.83. The number of rotatable bonds is 3. The van der Waals surface area contributed by atoms with Crippen molar-refractivity contribution in [2.45, 2.75) is 13.5 Å². The van der Waals surface area contributed by atoms with Gasteiger partial charge >= 0.3 is 0 Å². The summed E-state index contributed by atoms with van der Waals surface area (Å²) in [5.41, 5.74) is 8.05. The highest BCUT2D eigenvalue weighted by Gasteiger charge is 2.15. The van der Waals surface area contributed by atoms with Gasteiger partial charge in [0.2, 0.25) is 0 Å². The molecule has 0 aliphatic heterocycles. The van der Waals surface area contributed by atoms with Crippen LogP contribution in [-0.2, 0) is 6.54 Å². The number of aromatic nitrogens is 4. The van der Waals surface area contributed by atoms with Crippen LogP contribution in [0.15, 0.2) is 30.6 Å². The van der Waals surface area contributed by atoms with Crippen molar-refractivity contribution in [1.82, 2.24) is 20.0 Å². The van der Waals surface area contributed by atoms with Gasteiger partial charge in [-0.1, -0.05) is 0 Å². The molecule has 102 valence electrons. The van der Waals surface area contributed by atoms with Crippen molar-refractivity contribution in [2.24, 2.45) is 0 Å². The Morgan fingerprint density at radius 1 is 1.50 bits per heavy atom. The first-order valence-electron chi connectivity index (χ1n) is 6.25. The molecule has 0 saturated carbocycles. The summed E-state index contributed by atoms with van der Waals surface area (Å²) in [6, 6.07) is 5.28. The average Bonchev–Trinajstić information content (AvgIpc) is 3.04. The number of nitrogens with zero attached hydrogens (tertiary/aromatic N) is 3. The zero-order valence-electron chi connectivity index (χ0n) is 10.9. The number of carbonyl (C=O) groups is 1. The first-order chi connectivity index (χ1) is 9.67. The summed E-state index contributed by atoms with van der Waals surface area (Å²) in [5, 5.41) is 14.4. The lowest BCUT2D eigenvalue weighted by Gasteiger charge is -2.00. The third-order valence-electron chi connectivity index (χ3n) is 3.02. The van der Waals surface area contributed by atoms with Crippen LogP contribution in [0, 0.1) is 0 Å². The van der Waals surface area contributed by atoms with Crippen LogP contribution < -0.4 is 11.1 Å². The van der Waals surface area contributed by atoms with Crippen molar-refractivity contribution in [3.63, 3.8) is 0 Å². The van der Waals surface area contributed by atoms with E-state index < -0.39 is 0 Å². The van der Waals surface area contributed by atoms with Gasteiger partial charge in [0.1, 0.15) is 0 Å². The second-order valence-corrected chi connectivity index (χ2v) is 4.42. The van der Waals surface area contributed by atoms with E-state index in [4.69, 9.17) is 5.73 Å². The number of H-pyrrole nitrogens is 1. The third kappa shape index (κ3) is 2.09. The Morgan fingerprint density at radius 2 is 2.35 bits per heavy atom. The van der Waals surface area contributed by atoms with Crippen LogP contribution in [0.3, 0.4) is 0 Å². The first kappa shape index (κ1) is 12.2. The molecule has 0 fully saturated rings. The molecule has 7 heteroatoms. The SMILES string of the molecule is CCn1cc(NC(=O)c2n[nH]c3ccc(N)cc23)cn1. The molecule has 1 aromatic carbocycles. The lowest BCUT2D eigenvalue weighted by molar-refractivity contribution is 0.102. The maximum atomic E-state index is 12.2. The van der Waals surface area contributed by atoms with Gasteiger partial charge in [0.25, 0.3) is 5.91 Å². The standard InChI is InChI=1S/C13H14N6O/c1-2-19-7-9(6-15-19)16-13(20)12-10-5-8(14)3-4-11(10)17-18-12/h3-7H,2,14H2,1H3,(H,16,20)(H,17,18). The van der Waals surface area contributed by atoms with Gasteiger partial charge in [-0.2, -0.15) is 10.2 Å². The number of nitrogens with two attached hydrogens (primary N) is 1. The second-order valence-electron chi connectivity index (χ2n) is 4.42. The smallest absolute Gasteiger partial charge is 0.276 e. The minimum atomic E-state index is -0.294. The molecule has 2 aromatic heterocycles. The van der Waals surface area contributed by atoms with Crippen LogP contribution in [0.25, 0.3) is 10.9 Å². The van der Waals surface area contributed by atoms with Crippen LogP contribution in [0.2, 0.25) is 0 Å². The Labute approximate surface area is 114 Å². The fraction of sp³-hybridized carbons (Fsp3) is 0.154. The summed E-state index contributed by atoms with van der Waals surface area (Å²) < 4.78 is 1.73. The van der Waals surface area contributed by atoms with Crippen LogP contribution in [0.1, 0.15) is 17.4 Å². The Morgan fingerprint density at radius 3 is 3.10 bits per heavy atom. The molecule has 7 nitrogen and oxygen atoms in total. The fourth-order valence-electron chi connectivity index (χ4n) is 2.00. The summed E-state index contributed by atoms with van der Waals surface area (Å²) in [5.74, 6) is -0.294. The number of hydrogen-bond donors (Lipinski definition) is 3. The van der Waals surface area contributed by atoms with E-state index in [1.807, 2.05) is 6.92 Å². The molecule has 1 amide bonds. The van der Waals surface area contributed by atoms with E-state index in [-0.39, 0.29) is 5.91 Å². The highest BCUT2D eigenvalue weighted by molar-refractivity contribution is 6.11. The minimum absolute atomic E-state index is 0.294. The van der Waals surface area contributed by atoms with Crippen LogP contribution >= 0.6 is 0 Å². The van der Waals surface area contributed by atoms with Crippen LogP contribution in [0.5, 0.6) is 0 Å². The number of nitrogens with one attached hydrogen (secondary N) is 2. The lowest BCUT2D eigenvalue weighted by Crippen LogP contribution is -2.12. The Bertz CT molecular complexity index is 772. The highest BCUT2D eigenvalue weighted by atomic mass is 16.1. The summed E-state index contributed by atoms with van der Waals surface area (Å²) >= 11 is 0. The number of amides is 1. The number of hydrogen-bond acceptors (Lipinski definition) is 4. The molecule has 20 heavy (non-hydrogen) atoms. The number of aryl methyl sites for hydroxylation is 1. The molecule has 3 aromatic rings. The van der Waals surface area contributed by atoms with Gasteiger partial charge in [-0.15, -0.1) is 0 Å². The highest BCUT2D eigenvalue weighted by Crippen LogP contribution is 2.19. The molecule has 0 aliphatic rings. The minimum Gasteiger partial charge on any atom is -0.399 e. The predicted octanol–water partition coefficient (Wildman–Crippen LogP) is 1.61. The van der Waals surface area contributed by atoms with Gasteiger partial charge in [0.15, 0.2) is 5.69 Å². The van der Waals surface area contributed by atoms with Crippen molar-refractivity contribution < 1.29 is 4.79 Å². The summed E-state index contributed by atoms with van der Waals surface area (Å²) in [4.78, 5) is 12.2. The predicted molar refractivity (Wildman–Crippen MR) is 76.4 cm³/mol. The number of fused-ring (bicyclic) bond motifs is 1. The Kier molecular flexibility index (Phi) is 2.86. The zero-order chi connectivity index (χ0) is 14.1. The van der Waals surface area contributed by atoms with Crippen LogP contribution in [0.4, 0.5) is 11.4 Å². The van der Waals surface area contributed by atoms with E-state index in [1.165, 1.54) is 0 Å². The molecule has 0 radical (unpaired) electrons. The molecular weight excluding hydrogens is 256 g/mol. The molecule has 0 unspecified atom stereocenters. The van der Waals surface area contributed by atoms with Crippen molar-refractivity contribution in [2.75, 3.05) is 11.1 Å². The number of benzene rings is 1. The topological polar surface area (TPSA) is 102 Å². The second kappa shape index (κ2) is 4.69. The molecular formula is C13H14N6O. The van der Waals surface area contributed by atoms with Crippen molar-refractivity contribution in [3.05, 3.63) is 36.3 Å². The molecule has 0 spiro atoms. The van der Waals surface area contributed by atoms with Gasteiger partial charge in [-0.3, -0.25) is 14.6 Å². The van der Waals surface area contributed by atoms with Gasteiger partial charge in [-0.05, 0) is 25.1 Å². The largest absolute Gasteiger partial charge is 0.399 e. The van der Waals surface area contributed by atoms with Gasteiger partial charge < -0.3 is 11.1 Å². The van der Waals surface area contributed by atoms with Gasteiger partial charge in [0, 0.05) is 23.8 Å². The lowest BCUT2D eigenvalue weighted by atomic mass is 10.2. The Balaban J connectivity index is 1.90. The van der Waals surface area contributed by atoms with Crippen LogP contribution in [-0.4, -0.2) is 25.9 Å². The normalized spacial score (nSPS) is 10.8. The number of carbonyl (C=O) groups excluding carboxylic acids is 1. The van der Waals surface area contributed by atoms with E-state index in [0.717, 1.165) is 12.1 Å². The number of anilines is 2. The van der Waals surface area contributed by atoms with E-state index in [1.54, 1.807) is 35.3 Å². The third-order valence-corrected chi connectivity index (χ3v) is 3.02. The van der Waals surface area contributed by atoms with Crippen molar-refractivity contribution >= 4 is 28.2 Å². The molecule has 0 aliphatic carbocycles. The molecule has 2 heterocycles. The van der Waals surface area contributed by atoms with Gasteiger partial charge in [0.05, 0.1) is 17.4 Å². The summed E-state index contributed by atoms with van der Waals surface area (Å²) in [6.45, 7) is 2.72. The fourth-order valence-corrected chi connectivity index (χ4v) is 2.00. The maximum absolute atomic E-state index is 12.2. The van der Waals surface area contributed by atoms with Gasteiger partial charge in [-0.25, -0.2) is 0 Å². The molecule has 3 rings (SSSR count). The van der Waals surface area contributed by atoms with E-state index in [9.17, 15) is 4.79 Å². The molecule has 4 N–H and O–H groups in total. The van der Waals surface area contributed by atoms with E-state index in [0.29, 0.717) is 22.5 Å². The monoisotopic (exact) mass is 270 g/mol. The molecule has 0 atom stereocenters. The zero-order valence-corrected chi connectivity index (χ0v) is 10.9. The first-order valence-corrected chi connectivity index (χ1v) is 6.25. The van der Waals surface area contributed by atoms with E-state index in [2.05, 4.69) is 20.6 Å². The molecule has 0 saturated heterocycles. The summed E-state index contributed by atoms with van der Waals surface area (Å²) in [7, 11) is 0. The van der Waals surface area contributed by atoms with E-state index >= 15 is 0 Å². The van der Waals surface area contributed by atoms with Crippen molar-refractivity contribution in [3.8, 4) is 0 Å². The molecule has 0 bridgehead atoms. The summed E-state index contributed by atoms with van der Waals surface area (Å²) in [6.07, 6.45) is 3.37. The van der Waals surface area contributed by atoms with Crippen molar-refractivity contribution in [1.29, 1.82) is 0 Å². The average molecular weight is 270 g/mol. The number of aromatic amines is 1. The maximum Gasteiger partial charge on any atom is 0.276 e.